The molecule has 2 N–H and O–H groups in total. The van der Waals surface area contributed by atoms with Crippen LogP contribution < -0.4 is 10.2 Å². The molecule has 2 aromatic carbocycles. The highest BCUT2D eigenvalue weighted by atomic mass is 32.1. The molecule has 0 fully saturated rings. The molecule has 33 heavy (non-hydrogen) atoms. The van der Waals surface area contributed by atoms with Crippen molar-refractivity contribution < 1.29 is 20.0 Å². The number of hydrazone groups is 1. The number of carbonyl (C=O) groups excluding carboxylic acids is 1. The van der Waals surface area contributed by atoms with Gasteiger partial charge in [-0.2, -0.15) is 15.6 Å². The van der Waals surface area contributed by atoms with Crippen molar-refractivity contribution in [3.8, 4) is 6.07 Å². The first kappa shape index (κ1) is 22.6. The van der Waals surface area contributed by atoms with Crippen molar-refractivity contribution in [2.24, 2.45) is 5.10 Å². The molecule has 4 rings (SSSR count). The van der Waals surface area contributed by atoms with Crippen molar-refractivity contribution in [2.45, 2.75) is 25.3 Å². The van der Waals surface area contributed by atoms with E-state index in [0.29, 0.717) is 11.4 Å². The lowest BCUT2D eigenvalue weighted by atomic mass is 9.77. The molecule has 1 aliphatic heterocycles. The minimum absolute atomic E-state index is 0.0918. The van der Waals surface area contributed by atoms with E-state index in [0.717, 1.165) is 16.0 Å². The summed E-state index contributed by atoms with van der Waals surface area (Å²) in [7, 11) is 0. The molecule has 0 bridgehead atoms. The molecule has 0 saturated heterocycles. The van der Waals surface area contributed by atoms with Gasteiger partial charge in [0, 0.05) is 12.1 Å². The molecule has 0 spiro atoms. The zero-order chi connectivity index (χ0) is 23.6. The highest BCUT2D eigenvalue weighted by Gasteiger charge is 2.60. The minimum atomic E-state index is -1.81. The summed E-state index contributed by atoms with van der Waals surface area (Å²) in [4.78, 5) is 14.3. The van der Waals surface area contributed by atoms with E-state index in [1.165, 1.54) is 28.5 Å². The van der Waals surface area contributed by atoms with Gasteiger partial charge in [0.25, 0.3) is 5.54 Å². The van der Waals surface area contributed by atoms with E-state index in [1.54, 1.807) is 19.1 Å². The number of nitrogens with one attached hydrogen (secondary N) is 1. The Morgan fingerprint density at radius 2 is 1.97 bits per heavy atom. The van der Waals surface area contributed by atoms with E-state index < -0.39 is 22.7 Å². The van der Waals surface area contributed by atoms with Gasteiger partial charge in [0.2, 0.25) is 0 Å². The monoisotopic (exact) mass is 462 g/mol. The highest BCUT2D eigenvalue weighted by molar-refractivity contribution is 7.12. The van der Waals surface area contributed by atoms with Gasteiger partial charge >= 0.3 is 5.97 Å². The third-order valence-corrected chi connectivity index (χ3v) is 6.43. The van der Waals surface area contributed by atoms with Crippen LogP contribution in [0.4, 0.5) is 11.4 Å². The molecule has 9 heteroatoms. The van der Waals surface area contributed by atoms with Crippen LogP contribution in [0.15, 0.2) is 71.1 Å². The van der Waals surface area contributed by atoms with Crippen LogP contribution in [-0.4, -0.2) is 29.0 Å². The fourth-order valence-electron chi connectivity index (χ4n) is 3.95. The number of hydrogen-bond acceptors (Lipinski definition) is 8. The molecule has 0 radical (unpaired) electrons. The number of rotatable bonds is 6. The standard InChI is InChI=1S/C24H22N4O4S/c1-3-32-23(29)24(15-25)21(17-8-6-16(2)7-9-17)22(20-5-4-14-33-20)26-27(24)18-10-12-19(13-11-18)28(30)31/h4-14,21,28,30H,3H2,1-2H3. The number of hydrogen-bond donors (Lipinski definition) is 2. The molecule has 2 heterocycles. The first-order chi connectivity index (χ1) is 15.9. The van der Waals surface area contributed by atoms with Crippen LogP contribution in [0, 0.1) is 23.5 Å². The molecular weight excluding hydrogens is 440 g/mol. The van der Waals surface area contributed by atoms with Crippen LogP contribution in [-0.2, 0) is 9.53 Å². The lowest BCUT2D eigenvalue weighted by Gasteiger charge is -2.34. The summed E-state index contributed by atoms with van der Waals surface area (Å²) < 4.78 is 5.41. The van der Waals surface area contributed by atoms with E-state index in [2.05, 4.69) is 6.07 Å². The van der Waals surface area contributed by atoms with Crippen LogP contribution >= 0.6 is 11.3 Å². The second-order valence-corrected chi connectivity index (χ2v) is 8.52. The fourth-order valence-corrected chi connectivity index (χ4v) is 4.69. The lowest BCUT2D eigenvalue weighted by Crippen LogP contribution is -2.99. The number of carbonyl (C=O) groups is 1. The molecule has 0 saturated carbocycles. The van der Waals surface area contributed by atoms with Gasteiger partial charge in [-0.15, -0.1) is 11.3 Å². The smallest absolute Gasteiger partial charge is 0.350 e. The van der Waals surface area contributed by atoms with Gasteiger partial charge in [-0.25, -0.2) is 15.0 Å². The van der Waals surface area contributed by atoms with Crippen molar-refractivity contribution >= 4 is 34.4 Å². The fraction of sp³-hybridized carbons (Fsp3) is 0.208. The molecule has 8 nitrogen and oxygen atoms in total. The Morgan fingerprint density at radius 1 is 1.27 bits per heavy atom. The summed E-state index contributed by atoms with van der Waals surface area (Å²) in [5, 5.41) is 38.1. The molecular formula is C24H22N4O4S. The number of ether oxygens (including phenoxy) is 1. The first-order valence-electron chi connectivity index (χ1n) is 10.3. The second-order valence-electron chi connectivity index (χ2n) is 7.57. The van der Waals surface area contributed by atoms with Crippen LogP contribution in [0.2, 0.25) is 0 Å². The summed E-state index contributed by atoms with van der Waals surface area (Å²) in [6, 6.07) is 19.6. The summed E-state index contributed by atoms with van der Waals surface area (Å²) in [6.45, 7) is 3.75. The van der Waals surface area contributed by atoms with E-state index in [9.17, 15) is 20.5 Å². The maximum atomic E-state index is 13.5. The van der Waals surface area contributed by atoms with Crippen molar-refractivity contribution in [1.29, 1.82) is 5.26 Å². The number of esters is 1. The van der Waals surface area contributed by atoms with Gasteiger partial charge < -0.3 is 9.94 Å². The zero-order valence-corrected chi connectivity index (χ0v) is 18.9. The number of aryl methyl sites for hydroxylation is 1. The van der Waals surface area contributed by atoms with Crippen molar-refractivity contribution in [3.05, 3.63) is 87.3 Å². The van der Waals surface area contributed by atoms with Gasteiger partial charge in [0.1, 0.15) is 6.07 Å². The van der Waals surface area contributed by atoms with Crippen molar-refractivity contribution in [2.75, 3.05) is 11.6 Å². The predicted molar refractivity (Wildman–Crippen MR) is 124 cm³/mol. The van der Waals surface area contributed by atoms with E-state index in [1.807, 2.05) is 48.7 Å². The molecule has 3 aromatic rings. The van der Waals surface area contributed by atoms with Crippen LogP contribution in [0.25, 0.3) is 0 Å². The van der Waals surface area contributed by atoms with E-state index >= 15 is 0 Å². The summed E-state index contributed by atoms with van der Waals surface area (Å²) >= 11 is 1.46. The summed E-state index contributed by atoms with van der Waals surface area (Å²) in [6.07, 6.45) is 0. The molecule has 1 aromatic heterocycles. The number of nitrogens with zero attached hydrogens (tertiary/aromatic N) is 3. The van der Waals surface area contributed by atoms with Crippen LogP contribution in [0.1, 0.15) is 28.8 Å². The largest absolute Gasteiger partial charge is 0.595 e. The maximum Gasteiger partial charge on any atom is 0.350 e. The average molecular weight is 463 g/mol. The first-order valence-corrected chi connectivity index (χ1v) is 11.2. The molecule has 3 atom stereocenters. The summed E-state index contributed by atoms with van der Waals surface area (Å²) in [5.74, 6) is -1.43. The van der Waals surface area contributed by atoms with Crippen LogP contribution in [0.3, 0.4) is 0 Å². The van der Waals surface area contributed by atoms with Crippen LogP contribution in [0.5, 0.6) is 0 Å². The number of benzene rings is 2. The number of anilines is 1. The number of nitriles is 1. The van der Waals surface area contributed by atoms with Crippen molar-refractivity contribution in [3.63, 3.8) is 0 Å². The maximum absolute atomic E-state index is 13.5. The van der Waals surface area contributed by atoms with E-state index in [4.69, 9.17) is 9.84 Å². The van der Waals surface area contributed by atoms with Gasteiger partial charge in [-0.05, 0) is 43.0 Å². The second kappa shape index (κ2) is 9.13. The topological polar surface area (TPSA) is 113 Å². The van der Waals surface area contributed by atoms with Gasteiger partial charge in [0.05, 0.1) is 28.8 Å². The minimum Gasteiger partial charge on any atom is -0.595 e. The molecule has 0 amide bonds. The summed E-state index contributed by atoms with van der Waals surface area (Å²) in [5.41, 5.74) is 1.08. The van der Waals surface area contributed by atoms with Gasteiger partial charge in [-0.1, -0.05) is 35.9 Å². The average Bonchev–Trinajstić information content (AvgIpc) is 3.46. The van der Waals surface area contributed by atoms with E-state index in [-0.39, 0.29) is 12.3 Å². The zero-order valence-electron chi connectivity index (χ0n) is 18.1. The molecule has 168 valence electrons. The SMILES string of the molecule is CCOC(=O)C1(C#N)C(c2ccc(C)cc2)C(c2cccs2)=NN1c1ccc([NH+]([O-])O)cc1. The Labute approximate surface area is 195 Å². The Bertz CT molecular complexity index is 1200. The Hall–Kier alpha value is -3.55. The quantitative estimate of drug-likeness (QED) is 0.429. The normalized spacial score (nSPS) is 20.8. The molecule has 0 aliphatic carbocycles. The molecule has 3 unspecified atom stereocenters. The number of thiophene rings is 1. The Morgan fingerprint density at radius 3 is 2.52 bits per heavy atom. The third kappa shape index (κ3) is 3.90. The Balaban J connectivity index is 1.96. The predicted octanol–water partition coefficient (Wildman–Crippen LogP) is 3.29. The number of quaternary nitrogens is 1. The van der Waals surface area contributed by atoms with Crippen molar-refractivity contribution in [1.82, 2.24) is 0 Å². The lowest BCUT2D eigenvalue weighted by molar-refractivity contribution is -0.991. The van der Waals surface area contributed by atoms with Gasteiger partial charge in [-0.3, -0.25) is 0 Å². The third-order valence-electron chi connectivity index (χ3n) is 5.53. The molecule has 1 aliphatic rings. The highest BCUT2D eigenvalue weighted by Crippen LogP contribution is 2.46. The van der Waals surface area contributed by atoms with Gasteiger partial charge in [0.15, 0.2) is 5.69 Å². The Kier molecular flexibility index (Phi) is 6.26.